The van der Waals surface area contributed by atoms with Gasteiger partial charge in [0.1, 0.15) is 98.9 Å². The third-order valence-electron chi connectivity index (χ3n) is 18.8. The summed E-state index contributed by atoms with van der Waals surface area (Å²) in [7, 11) is -22.9. The van der Waals surface area contributed by atoms with E-state index in [1.807, 2.05) is 103 Å². The van der Waals surface area contributed by atoms with Crippen LogP contribution in [0.4, 0.5) is 64.4 Å². The molecule has 0 aromatic heterocycles. The van der Waals surface area contributed by atoms with Gasteiger partial charge in [0.2, 0.25) is 0 Å². The third-order valence-corrected chi connectivity index (χ3v) is 29.7. The maximum atomic E-state index is 9.91. The van der Waals surface area contributed by atoms with Crippen molar-refractivity contribution in [2.75, 3.05) is 106 Å². The van der Waals surface area contributed by atoms with Gasteiger partial charge in [-0.05, 0) is 303 Å². The molecule has 148 heavy (non-hydrogen) atoms. The standard InChI is InChI=1S/2C44H44O8S3.C9H12.C5H10.2CH3.2F6P.6FH.Fe.Sb/c2*45-25-29-49-33-1-13-39(14-2-33)54(40-15-3-34(4-16-40)50-30-26-46)43-21-9-37(10-22-43)53-38-11-23-44(24-12-38)55(41-17-5-35(6-18-41)51-31-27-47)42-19-7-36(8-20-42)52-32-28-48;1-8(2)9-6-4-3-5-7-9;1-2-4-5-3-1;;;2*1-7(2,3,4,5)6;;;;;;;;/h2*1-24,45-48H,25-32H2;3-8H,1-2H3;1-5H2;2*1H3;;;6*1H;;/q2*+2;;;4*-1;;;;;;;+3;+5/p-6. The first-order chi connectivity index (χ1) is 68.1. The third kappa shape index (κ3) is 54.3. The van der Waals surface area contributed by atoms with E-state index in [-0.39, 0.29) is 142 Å². The fourth-order valence-corrected chi connectivity index (χ4v) is 22.7. The maximum absolute atomic E-state index is 10.7. The average Bonchev–Trinajstić information content (AvgIpc) is 0.809. The Morgan fingerprint density at radius 2 is 0.351 bits per heavy atom. The number of aliphatic hydroxyl groups is 8. The summed E-state index contributed by atoms with van der Waals surface area (Å²) >= 11 is -5.77. The van der Waals surface area contributed by atoms with Gasteiger partial charge in [-0.25, -0.2) is 0 Å². The monoisotopic (exact) mass is 2390 g/mol. The summed E-state index contributed by atoms with van der Waals surface area (Å²) in [6.07, 6.45) is 7.50. The fourth-order valence-electron chi connectivity index (χ4n) is 12.9. The van der Waals surface area contributed by atoms with E-state index in [9.17, 15) is 64.4 Å². The van der Waals surface area contributed by atoms with Crippen molar-refractivity contribution < 1.29 is 165 Å². The first kappa shape index (κ1) is 131. The second kappa shape index (κ2) is 61.6. The minimum absolute atomic E-state index is 0. The summed E-state index contributed by atoms with van der Waals surface area (Å²) < 4.78 is 213. The molecule has 0 heterocycles. The van der Waals surface area contributed by atoms with Gasteiger partial charge in [0.05, 0.1) is 96.4 Å². The van der Waals surface area contributed by atoms with Crippen LogP contribution in [0, 0.1) is 14.9 Å². The van der Waals surface area contributed by atoms with Gasteiger partial charge in [-0.1, -0.05) is 99.8 Å². The van der Waals surface area contributed by atoms with Gasteiger partial charge >= 0.3 is 117 Å². The zero-order chi connectivity index (χ0) is 105. The molecule has 0 amide bonds. The van der Waals surface area contributed by atoms with Crippen LogP contribution in [0.5, 0.6) is 46.0 Å². The molecule has 14 rings (SSSR count). The molecular weight excluding hydrogens is 2280 g/mol. The molecule has 13 aromatic carbocycles. The molecule has 8 N–H and O–H groups in total. The molecule has 0 spiro atoms. The first-order valence-electron chi connectivity index (χ1n) is 44.3. The van der Waals surface area contributed by atoms with Gasteiger partial charge in [-0.3, -0.25) is 0 Å². The van der Waals surface area contributed by atoms with Crippen molar-refractivity contribution in [2.45, 2.75) is 130 Å². The Kier molecular flexibility index (Phi) is 54.6. The van der Waals surface area contributed by atoms with Crippen molar-refractivity contribution in [1.29, 1.82) is 0 Å². The maximum Gasteiger partial charge on any atom is 3.00 e. The van der Waals surface area contributed by atoms with E-state index in [4.69, 9.17) is 78.7 Å². The van der Waals surface area contributed by atoms with Crippen LogP contribution >= 0.6 is 39.1 Å². The molecule has 0 unspecified atom stereocenters. The number of benzene rings is 13. The predicted octanol–water partition coefficient (Wildman–Crippen LogP) is 26.2. The molecule has 811 valence electrons. The predicted molar refractivity (Wildman–Crippen MR) is 550 cm³/mol. The number of rotatable bonds is 41. The van der Waals surface area contributed by atoms with E-state index in [2.05, 4.69) is 232 Å². The topological polar surface area (TPSA) is 236 Å². The Balaban J connectivity index is 0.000000456. The quantitative estimate of drug-likeness (QED) is 0.00585. The number of aliphatic hydroxyl groups excluding tert-OH is 8. The van der Waals surface area contributed by atoms with Crippen LogP contribution < -0.4 is 42.6 Å². The van der Waals surface area contributed by atoms with Crippen LogP contribution in [-0.2, 0) is 60.6 Å². The van der Waals surface area contributed by atoms with Crippen LogP contribution in [-0.4, -0.2) is 167 Å². The molecule has 44 heteroatoms. The SMILES string of the molecule is C1CCCC1.CC(C)c1ccccc1.F[P-](F)(F)(F)(F)F.F[P-](F)(F)(F)(F)F.OCCOc1ccc([S+](c2ccc(OCCO)cc2)c2ccc(Sc3ccc([S+](c4ccc(OCCO)cc4)c4ccc(OCCO)cc4)cc3)cc2)cc1.OCCOc1ccc([S+](c2ccc(OCCO)cc2)c2ccc(Sc3ccc([S+](c4ccc(OCCO)cc4)c4ccc(OCCO)cc4)cc3)cc2)cc1.[CH3-].[CH3-].[F-].[F][Sb]([F])([F])([F])[F].[Fe+3]. The number of ether oxygens (including phenoxy) is 8. The molecule has 0 saturated heterocycles. The molecule has 13 aromatic rings. The summed E-state index contributed by atoms with van der Waals surface area (Å²) in [5, 5.41) is 73.3. The van der Waals surface area contributed by atoms with Crippen molar-refractivity contribution in [3.63, 3.8) is 0 Å². The van der Waals surface area contributed by atoms with Gasteiger partial charge in [0.15, 0.2) is 58.7 Å². The molecule has 1 fully saturated rings. The van der Waals surface area contributed by atoms with E-state index in [1.165, 1.54) is 37.7 Å². The van der Waals surface area contributed by atoms with Gasteiger partial charge in [0.25, 0.3) is 0 Å². The van der Waals surface area contributed by atoms with E-state index < -0.39 is 79.5 Å². The Labute approximate surface area is 884 Å². The summed E-state index contributed by atoms with van der Waals surface area (Å²) in [6, 6.07) is 109. The molecule has 16 nitrogen and oxygen atoms in total. The van der Waals surface area contributed by atoms with E-state index >= 15 is 0 Å². The summed E-state index contributed by atoms with van der Waals surface area (Å²) in [5.41, 5.74) is 1.41. The van der Waals surface area contributed by atoms with E-state index in [1.54, 1.807) is 23.5 Å². The number of halogens is 18. The minimum atomic E-state index is -10.7. The number of hydrogen-bond donors (Lipinski definition) is 8. The summed E-state index contributed by atoms with van der Waals surface area (Å²) in [4.78, 5) is 18.2. The van der Waals surface area contributed by atoms with Crippen LogP contribution in [0.15, 0.2) is 400 Å². The molecule has 1 radical (unpaired) electrons. The minimum Gasteiger partial charge on any atom is 3.00 e. The Hall–Kier alpha value is -9.02. The van der Waals surface area contributed by atoms with E-state index in [0.717, 1.165) is 78.3 Å². The van der Waals surface area contributed by atoms with Crippen LogP contribution in [0.25, 0.3) is 0 Å². The van der Waals surface area contributed by atoms with Crippen LogP contribution in [0.1, 0.15) is 57.4 Å². The number of hydrogen-bond acceptors (Lipinski definition) is 18. The van der Waals surface area contributed by atoms with Gasteiger partial charge in [-0.15, -0.1) is 0 Å². The normalized spacial score (nSPS) is 12.7. The molecule has 0 atom stereocenters. The zero-order valence-electron chi connectivity index (χ0n) is 80.3. The summed E-state index contributed by atoms with van der Waals surface area (Å²) in [5.74, 6) is 6.34. The Morgan fingerprint density at radius 3 is 0.453 bits per heavy atom. The van der Waals surface area contributed by atoms with Crippen molar-refractivity contribution in [1.82, 2.24) is 0 Å². The molecule has 0 aliphatic heterocycles. The second-order valence-electron chi connectivity index (χ2n) is 30.6. The second-order valence-corrected chi connectivity index (χ2v) is 48.4. The van der Waals surface area contributed by atoms with Crippen LogP contribution in [0.2, 0.25) is 0 Å². The first-order valence-corrected chi connectivity index (χ1v) is 59.7. The molecule has 1 aliphatic carbocycles. The van der Waals surface area contributed by atoms with E-state index in [0.29, 0.717) is 51.9 Å². The Bertz CT molecular complexity index is 5020. The average molecular weight is 2400 g/mol. The van der Waals surface area contributed by atoms with Gasteiger partial charge < -0.3 is 98.3 Å². The Morgan fingerprint density at radius 1 is 0.236 bits per heavy atom. The van der Waals surface area contributed by atoms with Crippen molar-refractivity contribution in [3.8, 4) is 46.0 Å². The van der Waals surface area contributed by atoms with Crippen molar-refractivity contribution in [3.05, 3.63) is 342 Å². The molecule has 0 bridgehead atoms. The summed E-state index contributed by atoms with van der Waals surface area (Å²) in [6.45, 7) is 6.06. The van der Waals surface area contributed by atoms with Crippen LogP contribution in [0.3, 0.4) is 0 Å². The van der Waals surface area contributed by atoms with Gasteiger partial charge in [-0.2, -0.15) is 0 Å². The molecule has 1 saturated carbocycles. The molecular formula is C104H116F18FeO16P2S6Sb+2. The fraction of sp³-hybridized carbons (Fsp3) is 0.231. The smallest absolute Gasteiger partial charge is 3.00 e. The molecule has 1 aliphatic rings. The largest absolute Gasteiger partial charge is 3.00 e. The van der Waals surface area contributed by atoms with Crippen molar-refractivity contribution in [2.24, 2.45) is 0 Å². The van der Waals surface area contributed by atoms with Crippen molar-refractivity contribution >= 4 is 103 Å². The zero-order valence-corrected chi connectivity index (χ0v) is 90.7. The van der Waals surface area contributed by atoms with Gasteiger partial charge in [0, 0.05) is 19.6 Å².